The van der Waals surface area contributed by atoms with Crippen LogP contribution < -0.4 is 11.3 Å². The SMILES string of the molecule is NNC(c1cccc2ccncc12)C1CCOC1. The van der Waals surface area contributed by atoms with Crippen LogP contribution in [0.1, 0.15) is 18.0 Å². The Morgan fingerprint density at radius 2 is 2.33 bits per heavy atom. The molecule has 4 nitrogen and oxygen atoms in total. The van der Waals surface area contributed by atoms with Gasteiger partial charge in [0.1, 0.15) is 0 Å². The molecule has 1 saturated heterocycles. The van der Waals surface area contributed by atoms with Crippen LogP contribution >= 0.6 is 0 Å². The van der Waals surface area contributed by atoms with E-state index in [-0.39, 0.29) is 6.04 Å². The summed E-state index contributed by atoms with van der Waals surface area (Å²) >= 11 is 0. The van der Waals surface area contributed by atoms with E-state index in [0.717, 1.165) is 25.0 Å². The van der Waals surface area contributed by atoms with Crippen LogP contribution in [0.25, 0.3) is 10.8 Å². The largest absolute Gasteiger partial charge is 0.381 e. The van der Waals surface area contributed by atoms with E-state index in [2.05, 4.69) is 28.6 Å². The minimum atomic E-state index is 0.125. The van der Waals surface area contributed by atoms with Gasteiger partial charge in [-0.25, -0.2) is 0 Å². The first-order valence-corrected chi connectivity index (χ1v) is 6.26. The second-order valence-corrected chi connectivity index (χ2v) is 4.71. The lowest BCUT2D eigenvalue weighted by Crippen LogP contribution is -2.34. The van der Waals surface area contributed by atoms with Crippen molar-refractivity contribution >= 4 is 10.8 Å². The maximum Gasteiger partial charge on any atom is 0.0517 e. The maximum absolute atomic E-state index is 5.75. The van der Waals surface area contributed by atoms with Crippen molar-refractivity contribution in [3.05, 3.63) is 42.2 Å². The van der Waals surface area contributed by atoms with Crippen LogP contribution in [0.5, 0.6) is 0 Å². The number of hydrogen-bond acceptors (Lipinski definition) is 4. The molecule has 0 aliphatic carbocycles. The minimum Gasteiger partial charge on any atom is -0.381 e. The highest BCUT2D eigenvalue weighted by Gasteiger charge is 2.27. The summed E-state index contributed by atoms with van der Waals surface area (Å²) in [6.45, 7) is 1.59. The molecule has 2 aromatic rings. The molecule has 18 heavy (non-hydrogen) atoms. The molecule has 2 unspecified atom stereocenters. The van der Waals surface area contributed by atoms with Crippen LogP contribution in [0.15, 0.2) is 36.7 Å². The Hall–Kier alpha value is -1.49. The van der Waals surface area contributed by atoms with E-state index in [1.165, 1.54) is 10.9 Å². The number of benzene rings is 1. The Kier molecular flexibility index (Phi) is 3.23. The van der Waals surface area contributed by atoms with Gasteiger partial charge in [-0.3, -0.25) is 16.3 Å². The van der Waals surface area contributed by atoms with E-state index < -0.39 is 0 Å². The molecule has 0 amide bonds. The predicted molar refractivity (Wildman–Crippen MR) is 70.7 cm³/mol. The summed E-state index contributed by atoms with van der Waals surface area (Å²) < 4.78 is 5.46. The van der Waals surface area contributed by atoms with Crippen molar-refractivity contribution in [3.8, 4) is 0 Å². The number of nitrogens with one attached hydrogen (secondary N) is 1. The Morgan fingerprint density at radius 1 is 1.39 bits per heavy atom. The molecule has 0 saturated carbocycles. The Labute approximate surface area is 106 Å². The zero-order chi connectivity index (χ0) is 12.4. The van der Waals surface area contributed by atoms with Gasteiger partial charge in [0.2, 0.25) is 0 Å². The maximum atomic E-state index is 5.75. The number of fused-ring (bicyclic) bond motifs is 1. The van der Waals surface area contributed by atoms with Gasteiger partial charge in [0.15, 0.2) is 0 Å². The van der Waals surface area contributed by atoms with Gasteiger partial charge in [0.05, 0.1) is 12.6 Å². The molecule has 4 heteroatoms. The van der Waals surface area contributed by atoms with Crippen molar-refractivity contribution in [1.29, 1.82) is 0 Å². The van der Waals surface area contributed by atoms with Crippen molar-refractivity contribution in [1.82, 2.24) is 10.4 Å². The summed E-state index contributed by atoms with van der Waals surface area (Å²) in [7, 11) is 0. The second-order valence-electron chi connectivity index (χ2n) is 4.71. The molecule has 1 aromatic heterocycles. The monoisotopic (exact) mass is 243 g/mol. The highest BCUT2D eigenvalue weighted by atomic mass is 16.5. The van der Waals surface area contributed by atoms with Gasteiger partial charge in [-0.15, -0.1) is 0 Å². The normalized spacial score (nSPS) is 21.3. The first kappa shape index (κ1) is 11.6. The summed E-state index contributed by atoms with van der Waals surface area (Å²) in [6.07, 6.45) is 4.77. The smallest absolute Gasteiger partial charge is 0.0517 e. The van der Waals surface area contributed by atoms with Crippen molar-refractivity contribution in [3.63, 3.8) is 0 Å². The molecule has 0 spiro atoms. The first-order chi connectivity index (χ1) is 8.90. The van der Waals surface area contributed by atoms with Crippen LogP contribution in [-0.4, -0.2) is 18.2 Å². The zero-order valence-corrected chi connectivity index (χ0v) is 10.2. The average molecular weight is 243 g/mol. The summed E-state index contributed by atoms with van der Waals surface area (Å²) in [4.78, 5) is 4.22. The third-order valence-electron chi connectivity index (χ3n) is 3.67. The van der Waals surface area contributed by atoms with Crippen molar-refractivity contribution in [2.75, 3.05) is 13.2 Å². The number of aromatic nitrogens is 1. The highest BCUT2D eigenvalue weighted by molar-refractivity contribution is 5.85. The molecule has 3 rings (SSSR count). The molecule has 0 radical (unpaired) electrons. The summed E-state index contributed by atoms with van der Waals surface area (Å²) in [5.41, 5.74) is 4.15. The molecule has 1 aliphatic heterocycles. The van der Waals surface area contributed by atoms with Gasteiger partial charge in [-0.2, -0.15) is 0 Å². The Bertz CT molecular complexity index is 532. The topological polar surface area (TPSA) is 60.2 Å². The fourth-order valence-corrected chi connectivity index (χ4v) is 2.70. The Morgan fingerprint density at radius 3 is 3.11 bits per heavy atom. The van der Waals surface area contributed by atoms with E-state index in [0.29, 0.717) is 5.92 Å². The predicted octanol–water partition coefficient (Wildman–Crippen LogP) is 1.78. The molecule has 1 aromatic carbocycles. The van der Waals surface area contributed by atoms with E-state index in [9.17, 15) is 0 Å². The average Bonchev–Trinajstić information content (AvgIpc) is 2.94. The number of nitrogens with zero attached hydrogens (tertiary/aromatic N) is 1. The van der Waals surface area contributed by atoms with Gasteiger partial charge in [-0.1, -0.05) is 18.2 Å². The molecular formula is C14H17N3O. The molecule has 1 aliphatic rings. The zero-order valence-electron chi connectivity index (χ0n) is 10.2. The van der Waals surface area contributed by atoms with E-state index in [1.54, 1.807) is 0 Å². The molecule has 94 valence electrons. The minimum absolute atomic E-state index is 0.125. The van der Waals surface area contributed by atoms with E-state index in [4.69, 9.17) is 10.6 Å². The van der Waals surface area contributed by atoms with Crippen LogP contribution in [0.4, 0.5) is 0 Å². The summed E-state index contributed by atoms with van der Waals surface area (Å²) in [6, 6.07) is 8.43. The lowest BCUT2D eigenvalue weighted by Gasteiger charge is -2.23. The quantitative estimate of drug-likeness (QED) is 0.637. The lowest BCUT2D eigenvalue weighted by molar-refractivity contribution is 0.177. The number of pyridine rings is 1. The number of hydrazine groups is 1. The molecule has 0 bridgehead atoms. The van der Waals surface area contributed by atoms with Crippen LogP contribution in [0, 0.1) is 5.92 Å². The molecule has 3 N–H and O–H groups in total. The number of rotatable bonds is 3. The molecule has 2 heterocycles. The first-order valence-electron chi connectivity index (χ1n) is 6.26. The summed E-state index contributed by atoms with van der Waals surface area (Å²) in [5, 5.41) is 2.36. The summed E-state index contributed by atoms with van der Waals surface area (Å²) in [5.74, 6) is 6.18. The molecule has 2 atom stereocenters. The van der Waals surface area contributed by atoms with E-state index >= 15 is 0 Å². The van der Waals surface area contributed by atoms with Gasteiger partial charge < -0.3 is 4.74 Å². The number of ether oxygens (including phenoxy) is 1. The van der Waals surface area contributed by atoms with Crippen LogP contribution in [0.3, 0.4) is 0 Å². The lowest BCUT2D eigenvalue weighted by atomic mass is 9.90. The van der Waals surface area contributed by atoms with Crippen molar-refractivity contribution < 1.29 is 4.74 Å². The van der Waals surface area contributed by atoms with Gasteiger partial charge in [-0.05, 0) is 23.4 Å². The fraction of sp³-hybridized carbons (Fsp3) is 0.357. The number of hydrogen-bond donors (Lipinski definition) is 2. The van der Waals surface area contributed by atoms with E-state index in [1.807, 2.05) is 18.5 Å². The third kappa shape index (κ3) is 1.99. The fourth-order valence-electron chi connectivity index (χ4n) is 2.70. The second kappa shape index (κ2) is 5.02. The standard InChI is InChI=1S/C14H17N3O/c15-17-14(11-5-7-18-9-11)12-3-1-2-10-4-6-16-8-13(10)12/h1-4,6,8,11,14,17H,5,7,9,15H2. The van der Waals surface area contributed by atoms with Gasteiger partial charge in [0.25, 0.3) is 0 Å². The highest BCUT2D eigenvalue weighted by Crippen LogP contribution is 2.32. The Balaban J connectivity index is 2.06. The third-order valence-corrected chi connectivity index (χ3v) is 3.67. The molecular weight excluding hydrogens is 226 g/mol. The number of nitrogens with two attached hydrogens (primary N) is 1. The van der Waals surface area contributed by atoms with Crippen molar-refractivity contribution in [2.24, 2.45) is 11.8 Å². The molecule has 1 fully saturated rings. The van der Waals surface area contributed by atoms with Gasteiger partial charge in [0, 0.05) is 30.3 Å². The van der Waals surface area contributed by atoms with Crippen molar-refractivity contribution in [2.45, 2.75) is 12.5 Å². The van der Waals surface area contributed by atoms with Crippen LogP contribution in [-0.2, 0) is 4.74 Å². The van der Waals surface area contributed by atoms with Gasteiger partial charge >= 0.3 is 0 Å². The van der Waals surface area contributed by atoms with Crippen LogP contribution in [0.2, 0.25) is 0 Å².